The molecule has 6 heteroatoms. The Bertz CT molecular complexity index is 984. The lowest BCUT2D eigenvalue weighted by molar-refractivity contribution is 0.397. The van der Waals surface area contributed by atoms with E-state index in [0.29, 0.717) is 0 Å². The van der Waals surface area contributed by atoms with Gasteiger partial charge < -0.3 is 9.47 Å². The van der Waals surface area contributed by atoms with E-state index in [0.717, 1.165) is 38.9 Å². The van der Waals surface area contributed by atoms with Crippen LogP contribution in [0.5, 0.6) is 11.5 Å². The molecule has 0 aliphatic carbocycles. The Kier molecular flexibility index (Phi) is 3.66. The van der Waals surface area contributed by atoms with Crippen molar-refractivity contribution in [2.45, 2.75) is 0 Å². The summed E-state index contributed by atoms with van der Waals surface area (Å²) in [4.78, 5) is 9.20. The molecule has 24 heavy (non-hydrogen) atoms. The number of aromatic nitrogens is 3. The summed E-state index contributed by atoms with van der Waals surface area (Å²) in [7, 11) is 3.30. The van der Waals surface area contributed by atoms with E-state index >= 15 is 0 Å². The van der Waals surface area contributed by atoms with Crippen LogP contribution in [0, 0.1) is 0 Å². The maximum absolute atomic E-state index is 5.48. The molecule has 5 nitrogen and oxygen atoms in total. The Labute approximate surface area is 143 Å². The molecule has 0 unspecified atom stereocenters. The zero-order chi connectivity index (χ0) is 16.5. The summed E-state index contributed by atoms with van der Waals surface area (Å²) in [6.07, 6.45) is 1.80. The van der Waals surface area contributed by atoms with Gasteiger partial charge in [-0.15, -0.1) is 11.3 Å². The number of hydrogen-bond acceptors (Lipinski definition) is 5. The highest BCUT2D eigenvalue weighted by molar-refractivity contribution is 7.12. The van der Waals surface area contributed by atoms with Crippen LogP contribution in [0.15, 0.2) is 54.2 Å². The van der Waals surface area contributed by atoms with Crippen LogP contribution < -0.4 is 9.47 Å². The van der Waals surface area contributed by atoms with Crippen molar-refractivity contribution in [3.63, 3.8) is 0 Å². The third kappa shape index (κ3) is 2.32. The molecule has 0 atom stereocenters. The average Bonchev–Trinajstić information content (AvgIpc) is 3.27. The standard InChI is InChI=1S/C18H15N3O2S/c1-22-15-8-5-9-16(23-2)17(15)13-10-24-18(20-13)21-11-19-12-6-3-4-7-14(12)21/h3-11H,1-2H3. The molecule has 0 bridgehead atoms. The SMILES string of the molecule is COc1cccc(OC)c1-c1csc(-n2cnc3ccccc32)n1. The highest BCUT2D eigenvalue weighted by Gasteiger charge is 2.16. The van der Waals surface area contributed by atoms with Crippen LogP contribution in [0.25, 0.3) is 27.4 Å². The number of methoxy groups -OCH3 is 2. The van der Waals surface area contributed by atoms with Crippen LogP contribution >= 0.6 is 11.3 Å². The molecule has 0 N–H and O–H groups in total. The highest BCUT2D eigenvalue weighted by atomic mass is 32.1. The van der Waals surface area contributed by atoms with Crippen LogP contribution in [0.1, 0.15) is 0 Å². The van der Waals surface area contributed by atoms with Crippen molar-refractivity contribution in [3.05, 3.63) is 54.2 Å². The van der Waals surface area contributed by atoms with E-state index in [-0.39, 0.29) is 0 Å². The van der Waals surface area contributed by atoms with Crippen LogP contribution in [-0.4, -0.2) is 28.8 Å². The van der Waals surface area contributed by atoms with Crippen LogP contribution in [-0.2, 0) is 0 Å². The quantitative estimate of drug-likeness (QED) is 0.561. The topological polar surface area (TPSA) is 49.2 Å². The van der Waals surface area contributed by atoms with E-state index in [1.165, 1.54) is 0 Å². The second kappa shape index (κ2) is 5.98. The lowest BCUT2D eigenvalue weighted by Crippen LogP contribution is -1.94. The predicted molar refractivity (Wildman–Crippen MR) is 95.3 cm³/mol. The first-order valence-corrected chi connectivity index (χ1v) is 8.29. The van der Waals surface area contributed by atoms with Crippen molar-refractivity contribution in [3.8, 4) is 27.9 Å². The summed E-state index contributed by atoms with van der Waals surface area (Å²) in [5.74, 6) is 1.48. The van der Waals surface area contributed by atoms with Gasteiger partial charge in [-0.3, -0.25) is 4.57 Å². The number of thiazole rings is 1. The third-order valence-electron chi connectivity index (χ3n) is 3.84. The lowest BCUT2D eigenvalue weighted by Gasteiger charge is -2.10. The van der Waals surface area contributed by atoms with Gasteiger partial charge in [0.1, 0.15) is 17.8 Å². The molecule has 4 aromatic rings. The summed E-state index contributed by atoms with van der Waals surface area (Å²) in [6.45, 7) is 0. The molecule has 2 aromatic carbocycles. The van der Waals surface area contributed by atoms with Gasteiger partial charge in [-0.1, -0.05) is 18.2 Å². The monoisotopic (exact) mass is 337 g/mol. The van der Waals surface area contributed by atoms with Gasteiger partial charge in [0.05, 0.1) is 36.5 Å². The molecule has 0 spiro atoms. The molecule has 2 aromatic heterocycles. The van der Waals surface area contributed by atoms with Crippen LogP contribution in [0.4, 0.5) is 0 Å². The Morgan fingerprint density at radius 3 is 2.46 bits per heavy atom. The van der Waals surface area contributed by atoms with Gasteiger partial charge in [0.25, 0.3) is 0 Å². The summed E-state index contributed by atoms with van der Waals surface area (Å²) in [5.41, 5.74) is 3.66. The zero-order valence-corrected chi connectivity index (χ0v) is 14.1. The molecule has 0 radical (unpaired) electrons. The molecule has 0 aliphatic rings. The molecule has 4 rings (SSSR count). The zero-order valence-electron chi connectivity index (χ0n) is 13.3. The van der Waals surface area contributed by atoms with Gasteiger partial charge in [-0.2, -0.15) is 0 Å². The number of benzene rings is 2. The van der Waals surface area contributed by atoms with Crippen molar-refractivity contribution in [1.29, 1.82) is 0 Å². The van der Waals surface area contributed by atoms with E-state index in [1.54, 1.807) is 31.9 Å². The second-order valence-electron chi connectivity index (χ2n) is 5.16. The largest absolute Gasteiger partial charge is 0.496 e. The predicted octanol–water partition coefficient (Wildman–Crippen LogP) is 4.17. The third-order valence-corrected chi connectivity index (χ3v) is 4.68. The number of para-hydroxylation sites is 2. The highest BCUT2D eigenvalue weighted by Crippen LogP contribution is 2.39. The van der Waals surface area contributed by atoms with Gasteiger partial charge in [-0.05, 0) is 24.3 Å². The van der Waals surface area contributed by atoms with Crippen molar-refractivity contribution in [1.82, 2.24) is 14.5 Å². The van der Waals surface area contributed by atoms with E-state index in [2.05, 4.69) is 4.98 Å². The minimum Gasteiger partial charge on any atom is -0.496 e. The van der Waals surface area contributed by atoms with E-state index in [4.69, 9.17) is 14.5 Å². The molecule has 0 aliphatic heterocycles. The normalized spacial score (nSPS) is 10.9. The Morgan fingerprint density at radius 1 is 0.958 bits per heavy atom. The fourth-order valence-electron chi connectivity index (χ4n) is 2.71. The number of nitrogens with zero attached hydrogens (tertiary/aromatic N) is 3. The summed E-state index contributed by atoms with van der Waals surface area (Å²) >= 11 is 1.56. The lowest BCUT2D eigenvalue weighted by atomic mass is 10.1. The molecule has 2 heterocycles. The number of hydrogen-bond donors (Lipinski definition) is 0. The van der Waals surface area contributed by atoms with Crippen molar-refractivity contribution in [2.24, 2.45) is 0 Å². The Balaban J connectivity index is 1.84. The molecule has 0 saturated carbocycles. The van der Waals surface area contributed by atoms with Gasteiger partial charge >= 0.3 is 0 Å². The van der Waals surface area contributed by atoms with Crippen molar-refractivity contribution >= 4 is 22.4 Å². The van der Waals surface area contributed by atoms with Gasteiger partial charge in [0, 0.05) is 5.38 Å². The second-order valence-corrected chi connectivity index (χ2v) is 5.99. The minimum absolute atomic E-state index is 0.738. The molecule has 0 amide bonds. The molecular formula is C18H15N3O2S. The molecule has 120 valence electrons. The summed E-state index contributed by atoms with van der Waals surface area (Å²) < 4.78 is 12.9. The Morgan fingerprint density at radius 2 is 1.71 bits per heavy atom. The summed E-state index contributed by atoms with van der Waals surface area (Å²) in [6, 6.07) is 13.7. The molecular weight excluding hydrogens is 322 g/mol. The summed E-state index contributed by atoms with van der Waals surface area (Å²) in [5, 5.41) is 2.86. The minimum atomic E-state index is 0.738. The van der Waals surface area contributed by atoms with Crippen LogP contribution in [0.3, 0.4) is 0 Å². The Hall–Kier alpha value is -2.86. The molecule has 0 saturated heterocycles. The average molecular weight is 337 g/mol. The number of rotatable bonds is 4. The fraction of sp³-hybridized carbons (Fsp3) is 0.111. The van der Waals surface area contributed by atoms with Gasteiger partial charge in [0.15, 0.2) is 5.13 Å². The molecule has 0 fully saturated rings. The number of fused-ring (bicyclic) bond motifs is 1. The maximum Gasteiger partial charge on any atom is 0.195 e. The first-order chi connectivity index (χ1) is 11.8. The van der Waals surface area contributed by atoms with Gasteiger partial charge in [0.2, 0.25) is 0 Å². The van der Waals surface area contributed by atoms with Crippen molar-refractivity contribution < 1.29 is 9.47 Å². The number of ether oxygens (including phenoxy) is 2. The van der Waals surface area contributed by atoms with Crippen LogP contribution in [0.2, 0.25) is 0 Å². The smallest absolute Gasteiger partial charge is 0.195 e. The number of imidazole rings is 1. The van der Waals surface area contributed by atoms with E-state index in [9.17, 15) is 0 Å². The first-order valence-electron chi connectivity index (χ1n) is 7.41. The first kappa shape index (κ1) is 14.7. The van der Waals surface area contributed by atoms with Gasteiger partial charge in [-0.25, -0.2) is 9.97 Å². The van der Waals surface area contributed by atoms with Crippen molar-refractivity contribution in [2.75, 3.05) is 14.2 Å². The maximum atomic E-state index is 5.48. The fourth-order valence-corrected chi connectivity index (χ4v) is 3.50. The van der Waals surface area contributed by atoms with E-state index < -0.39 is 0 Å². The van der Waals surface area contributed by atoms with E-state index in [1.807, 2.05) is 52.4 Å².